The summed E-state index contributed by atoms with van der Waals surface area (Å²) < 4.78 is 5.32. The van der Waals surface area contributed by atoms with E-state index in [4.69, 9.17) is 4.74 Å². The van der Waals surface area contributed by atoms with Crippen LogP contribution < -0.4 is 5.32 Å². The molecule has 1 aliphatic heterocycles. The minimum atomic E-state index is -0.510. The SMILES string of the molecule is CCCCC(CC)COC(=O)CCN1C(=O)NC(=Cc2ccccc2)C1=O. The summed E-state index contributed by atoms with van der Waals surface area (Å²) in [7, 11) is 0. The van der Waals surface area contributed by atoms with Gasteiger partial charge in [-0.3, -0.25) is 14.5 Å². The van der Waals surface area contributed by atoms with Gasteiger partial charge in [0.15, 0.2) is 0 Å². The van der Waals surface area contributed by atoms with Gasteiger partial charge < -0.3 is 10.1 Å². The van der Waals surface area contributed by atoms with E-state index in [2.05, 4.69) is 19.2 Å². The number of ether oxygens (including phenoxy) is 1. The van der Waals surface area contributed by atoms with Crippen LogP contribution in [0.1, 0.15) is 51.5 Å². The van der Waals surface area contributed by atoms with E-state index >= 15 is 0 Å². The van der Waals surface area contributed by atoms with E-state index in [0.29, 0.717) is 12.5 Å². The third kappa shape index (κ3) is 6.24. The number of esters is 1. The fraction of sp³-hybridized carbons (Fsp3) is 0.476. The number of nitrogens with zero attached hydrogens (tertiary/aromatic N) is 1. The van der Waals surface area contributed by atoms with Crippen LogP contribution in [-0.2, 0) is 14.3 Å². The zero-order valence-electron chi connectivity index (χ0n) is 16.1. The molecule has 0 aromatic heterocycles. The van der Waals surface area contributed by atoms with Gasteiger partial charge in [-0.05, 0) is 24.0 Å². The highest BCUT2D eigenvalue weighted by Crippen LogP contribution is 2.15. The maximum absolute atomic E-state index is 12.4. The zero-order chi connectivity index (χ0) is 19.6. The van der Waals surface area contributed by atoms with Gasteiger partial charge in [-0.1, -0.05) is 63.4 Å². The number of rotatable bonds is 10. The fourth-order valence-corrected chi connectivity index (χ4v) is 2.87. The third-order valence-corrected chi connectivity index (χ3v) is 4.64. The lowest BCUT2D eigenvalue weighted by molar-refractivity contribution is -0.145. The van der Waals surface area contributed by atoms with Crippen molar-refractivity contribution in [2.45, 2.75) is 46.0 Å². The average molecular weight is 372 g/mol. The second-order valence-corrected chi connectivity index (χ2v) is 6.71. The molecule has 27 heavy (non-hydrogen) atoms. The molecule has 0 radical (unpaired) electrons. The fourth-order valence-electron chi connectivity index (χ4n) is 2.87. The molecular formula is C21H28N2O4. The van der Waals surface area contributed by atoms with Crippen molar-refractivity contribution < 1.29 is 19.1 Å². The molecule has 6 heteroatoms. The Morgan fingerprint density at radius 2 is 1.96 bits per heavy atom. The first-order valence-corrected chi connectivity index (χ1v) is 9.60. The van der Waals surface area contributed by atoms with Crippen LogP contribution in [0.15, 0.2) is 36.0 Å². The number of unbranched alkanes of at least 4 members (excludes halogenated alkanes) is 1. The number of hydrogen-bond acceptors (Lipinski definition) is 4. The van der Waals surface area contributed by atoms with Crippen LogP contribution in [0.3, 0.4) is 0 Å². The van der Waals surface area contributed by atoms with E-state index in [1.807, 2.05) is 30.3 Å². The Bertz CT molecular complexity index is 685. The number of amides is 3. The number of nitrogens with one attached hydrogen (secondary N) is 1. The first-order chi connectivity index (χ1) is 13.0. The van der Waals surface area contributed by atoms with Crippen molar-refractivity contribution in [3.05, 3.63) is 41.6 Å². The Hall–Kier alpha value is -2.63. The van der Waals surface area contributed by atoms with Crippen molar-refractivity contribution >= 4 is 24.0 Å². The predicted octanol–water partition coefficient (Wildman–Crippen LogP) is 3.73. The largest absolute Gasteiger partial charge is 0.465 e. The van der Waals surface area contributed by atoms with Gasteiger partial charge in [-0.2, -0.15) is 0 Å². The summed E-state index contributed by atoms with van der Waals surface area (Å²) in [6.45, 7) is 4.63. The Balaban J connectivity index is 1.83. The van der Waals surface area contributed by atoms with Crippen LogP contribution in [0, 0.1) is 5.92 Å². The summed E-state index contributed by atoms with van der Waals surface area (Å²) in [5, 5.41) is 2.55. The van der Waals surface area contributed by atoms with Gasteiger partial charge in [-0.15, -0.1) is 0 Å². The standard InChI is InChI=1S/C21H28N2O4/c1-3-5-9-16(4-2)15-27-19(24)12-13-23-20(25)18(22-21(23)26)14-17-10-7-6-8-11-17/h6-8,10-11,14,16H,3-5,9,12-13,15H2,1-2H3,(H,22,26). The normalized spacial score (nSPS) is 16.5. The number of urea groups is 1. The molecule has 0 aliphatic carbocycles. The number of imide groups is 1. The van der Waals surface area contributed by atoms with E-state index in [1.165, 1.54) is 0 Å². The molecule has 2 rings (SSSR count). The van der Waals surface area contributed by atoms with Crippen LogP contribution in [0.5, 0.6) is 0 Å². The van der Waals surface area contributed by atoms with Crippen LogP contribution in [0.25, 0.3) is 6.08 Å². The zero-order valence-corrected chi connectivity index (χ0v) is 16.1. The molecule has 0 saturated carbocycles. The van der Waals surface area contributed by atoms with Crippen LogP contribution in [0.4, 0.5) is 4.79 Å². The molecule has 1 aromatic rings. The van der Waals surface area contributed by atoms with E-state index in [1.54, 1.807) is 6.08 Å². The second kappa shape index (κ2) is 10.5. The number of benzene rings is 1. The minimum absolute atomic E-state index is 0.00197. The lowest BCUT2D eigenvalue weighted by Crippen LogP contribution is -2.33. The number of carbonyl (C=O) groups is 3. The highest BCUT2D eigenvalue weighted by Gasteiger charge is 2.33. The Labute approximate surface area is 160 Å². The highest BCUT2D eigenvalue weighted by atomic mass is 16.5. The Morgan fingerprint density at radius 1 is 1.22 bits per heavy atom. The van der Waals surface area contributed by atoms with Crippen LogP contribution >= 0.6 is 0 Å². The second-order valence-electron chi connectivity index (χ2n) is 6.71. The highest BCUT2D eigenvalue weighted by molar-refractivity contribution is 6.14. The van der Waals surface area contributed by atoms with Gasteiger partial charge >= 0.3 is 12.0 Å². The molecule has 1 fully saturated rings. The summed E-state index contributed by atoms with van der Waals surface area (Å²) in [4.78, 5) is 37.4. The van der Waals surface area contributed by atoms with E-state index < -0.39 is 11.9 Å². The van der Waals surface area contributed by atoms with Crippen molar-refractivity contribution in [1.29, 1.82) is 0 Å². The average Bonchev–Trinajstić information content (AvgIpc) is 2.94. The van der Waals surface area contributed by atoms with Gasteiger partial charge in [-0.25, -0.2) is 4.79 Å². The van der Waals surface area contributed by atoms with Gasteiger partial charge in [0.25, 0.3) is 5.91 Å². The summed E-state index contributed by atoms with van der Waals surface area (Å²) in [5.41, 5.74) is 1.03. The maximum Gasteiger partial charge on any atom is 0.329 e. The van der Waals surface area contributed by atoms with E-state index in [9.17, 15) is 14.4 Å². The minimum Gasteiger partial charge on any atom is -0.465 e. The molecule has 3 amide bonds. The molecule has 1 heterocycles. The van der Waals surface area contributed by atoms with Crippen molar-refractivity contribution in [3.8, 4) is 0 Å². The smallest absolute Gasteiger partial charge is 0.329 e. The predicted molar refractivity (Wildman–Crippen MR) is 104 cm³/mol. The van der Waals surface area contributed by atoms with Gasteiger partial charge in [0.1, 0.15) is 5.70 Å². The third-order valence-electron chi connectivity index (χ3n) is 4.64. The van der Waals surface area contributed by atoms with Crippen molar-refractivity contribution in [2.24, 2.45) is 5.92 Å². The molecule has 6 nitrogen and oxygen atoms in total. The topological polar surface area (TPSA) is 75.7 Å². The van der Waals surface area contributed by atoms with E-state index in [0.717, 1.165) is 36.1 Å². The van der Waals surface area contributed by atoms with Gasteiger partial charge in [0, 0.05) is 6.54 Å². The molecule has 1 atom stereocenters. The molecule has 1 aliphatic rings. The first-order valence-electron chi connectivity index (χ1n) is 9.60. The van der Waals surface area contributed by atoms with E-state index in [-0.39, 0.29) is 24.6 Å². The van der Waals surface area contributed by atoms with Gasteiger partial charge in [0.2, 0.25) is 0 Å². The van der Waals surface area contributed by atoms with Crippen molar-refractivity contribution in [2.75, 3.05) is 13.2 Å². The van der Waals surface area contributed by atoms with Gasteiger partial charge in [0.05, 0.1) is 13.0 Å². The molecule has 146 valence electrons. The Kier molecular flexibility index (Phi) is 8.04. The summed E-state index contributed by atoms with van der Waals surface area (Å²) in [5.74, 6) is -0.442. The molecule has 1 unspecified atom stereocenters. The van der Waals surface area contributed by atoms with Crippen LogP contribution in [0.2, 0.25) is 0 Å². The molecule has 1 aromatic carbocycles. The summed E-state index contributed by atoms with van der Waals surface area (Å²) in [6.07, 6.45) is 5.87. The molecule has 1 saturated heterocycles. The quantitative estimate of drug-likeness (QED) is 0.386. The monoisotopic (exact) mass is 372 g/mol. The first kappa shape index (κ1) is 20.7. The Morgan fingerprint density at radius 3 is 2.63 bits per heavy atom. The summed E-state index contributed by atoms with van der Waals surface area (Å²) in [6, 6.07) is 8.76. The van der Waals surface area contributed by atoms with Crippen LogP contribution in [-0.4, -0.2) is 36.0 Å². The molecule has 0 bridgehead atoms. The molecular weight excluding hydrogens is 344 g/mol. The van der Waals surface area contributed by atoms with Crippen molar-refractivity contribution in [1.82, 2.24) is 10.2 Å². The molecule has 0 spiro atoms. The molecule has 1 N–H and O–H groups in total. The number of carbonyl (C=O) groups excluding carboxylic acids is 3. The lowest BCUT2D eigenvalue weighted by Gasteiger charge is -2.15. The number of hydrogen-bond donors (Lipinski definition) is 1. The lowest BCUT2D eigenvalue weighted by atomic mass is 10.0. The van der Waals surface area contributed by atoms with Crippen molar-refractivity contribution in [3.63, 3.8) is 0 Å². The maximum atomic E-state index is 12.4. The summed E-state index contributed by atoms with van der Waals surface area (Å²) >= 11 is 0.